The molecule has 0 radical (unpaired) electrons. The van der Waals surface area contributed by atoms with Crippen molar-refractivity contribution in [2.45, 2.75) is 50.5 Å². The average Bonchev–Trinajstić information content (AvgIpc) is 2.58. The summed E-state index contributed by atoms with van der Waals surface area (Å²) in [7, 11) is -5.94. The normalized spacial score (nSPS) is 12.6. The fourth-order valence-corrected chi connectivity index (χ4v) is 3.72. The molecular formula is C19H25N3O3SSi. The van der Waals surface area contributed by atoms with Crippen LogP contribution in [0, 0.1) is 11.3 Å². The van der Waals surface area contributed by atoms with Gasteiger partial charge in [-0.2, -0.15) is 5.26 Å². The number of pyridine rings is 1. The Hall–Kier alpha value is -2.05. The summed E-state index contributed by atoms with van der Waals surface area (Å²) >= 11 is 0. The number of nitrogens with two attached hydrogens (primary N) is 1. The van der Waals surface area contributed by atoms with Gasteiger partial charge in [0.1, 0.15) is 6.07 Å². The highest BCUT2D eigenvalue weighted by Crippen LogP contribution is 2.38. The number of hydrogen-bond donors (Lipinski definition) is 1. The number of primary sulfonamides is 1. The number of aromatic nitrogens is 1. The number of hydrogen-bond acceptors (Lipinski definition) is 5. The van der Waals surface area contributed by atoms with Crippen LogP contribution in [0.2, 0.25) is 18.1 Å². The first-order valence-corrected chi connectivity index (χ1v) is 13.0. The van der Waals surface area contributed by atoms with Gasteiger partial charge in [0.15, 0.2) is 13.3 Å². The molecule has 8 heteroatoms. The van der Waals surface area contributed by atoms with Crippen molar-refractivity contribution >= 4 is 18.3 Å². The Morgan fingerprint density at radius 2 is 1.85 bits per heavy atom. The van der Waals surface area contributed by atoms with Gasteiger partial charge in [-0.15, -0.1) is 0 Å². The van der Waals surface area contributed by atoms with Gasteiger partial charge in [-0.05, 0) is 35.3 Å². The molecule has 2 N–H and O–H groups in total. The van der Waals surface area contributed by atoms with E-state index in [1.54, 1.807) is 0 Å². The summed E-state index contributed by atoms with van der Waals surface area (Å²) in [6, 6.07) is 10.9. The highest BCUT2D eigenvalue weighted by atomic mass is 32.2. The third kappa shape index (κ3) is 4.81. The zero-order valence-electron chi connectivity index (χ0n) is 16.3. The van der Waals surface area contributed by atoms with Crippen molar-refractivity contribution in [3.63, 3.8) is 0 Å². The quantitative estimate of drug-likeness (QED) is 0.765. The maximum atomic E-state index is 11.7. The number of sulfonamides is 1. The lowest BCUT2D eigenvalue weighted by Gasteiger charge is -2.36. The molecule has 27 heavy (non-hydrogen) atoms. The molecule has 0 saturated carbocycles. The average molecular weight is 404 g/mol. The number of benzene rings is 1. The Balaban J connectivity index is 2.52. The SMILES string of the molecule is CC(C)(C)[Si](C)(C)OCc1ccccc1-c1cc(S(N)(=O)=O)ncc1C#N. The van der Waals surface area contributed by atoms with Gasteiger partial charge in [0, 0.05) is 11.8 Å². The predicted molar refractivity (Wildman–Crippen MR) is 108 cm³/mol. The summed E-state index contributed by atoms with van der Waals surface area (Å²) in [6.45, 7) is 11.2. The molecule has 0 saturated heterocycles. The van der Waals surface area contributed by atoms with E-state index in [-0.39, 0.29) is 15.6 Å². The number of rotatable bonds is 5. The smallest absolute Gasteiger partial charge is 0.255 e. The first-order valence-electron chi connectivity index (χ1n) is 8.52. The molecule has 2 aromatic rings. The minimum absolute atomic E-state index is 0.0667. The molecule has 0 bridgehead atoms. The van der Waals surface area contributed by atoms with Crippen LogP contribution < -0.4 is 5.14 Å². The van der Waals surface area contributed by atoms with E-state index in [4.69, 9.17) is 9.56 Å². The Kier molecular flexibility index (Phi) is 5.92. The summed E-state index contributed by atoms with van der Waals surface area (Å²) in [4.78, 5) is 3.79. The van der Waals surface area contributed by atoms with Crippen LogP contribution in [0.15, 0.2) is 41.6 Å². The van der Waals surface area contributed by atoms with E-state index in [2.05, 4.69) is 44.9 Å². The van der Waals surface area contributed by atoms with Gasteiger partial charge in [0.25, 0.3) is 10.0 Å². The lowest BCUT2D eigenvalue weighted by atomic mass is 9.98. The lowest BCUT2D eigenvalue weighted by Crippen LogP contribution is -2.40. The lowest BCUT2D eigenvalue weighted by molar-refractivity contribution is 0.277. The van der Waals surface area contributed by atoms with Gasteiger partial charge < -0.3 is 4.43 Å². The minimum atomic E-state index is -3.97. The predicted octanol–water partition coefficient (Wildman–Crippen LogP) is 3.79. The molecule has 2 rings (SSSR count). The van der Waals surface area contributed by atoms with Gasteiger partial charge in [-0.25, -0.2) is 18.5 Å². The molecule has 0 fully saturated rings. The first-order chi connectivity index (χ1) is 12.4. The molecule has 0 atom stereocenters. The molecule has 6 nitrogen and oxygen atoms in total. The Labute approximate surface area is 162 Å². The van der Waals surface area contributed by atoms with Crippen LogP contribution in [0.3, 0.4) is 0 Å². The van der Waals surface area contributed by atoms with E-state index in [9.17, 15) is 13.7 Å². The van der Waals surface area contributed by atoms with E-state index in [0.29, 0.717) is 12.2 Å². The van der Waals surface area contributed by atoms with Crippen molar-refractivity contribution in [2.75, 3.05) is 0 Å². The van der Waals surface area contributed by atoms with Crippen LogP contribution >= 0.6 is 0 Å². The zero-order chi connectivity index (χ0) is 20.5. The summed E-state index contributed by atoms with van der Waals surface area (Å²) in [6.07, 6.45) is 1.24. The second kappa shape index (κ2) is 7.52. The molecule has 0 aliphatic carbocycles. The second-order valence-corrected chi connectivity index (χ2v) is 14.2. The van der Waals surface area contributed by atoms with Crippen molar-refractivity contribution in [1.82, 2.24) is 4.98 Å². The van der Waals surface area contributed by atoms with Crippen LogP contribution in [-0.2, 0) is 21.1 Å². The standard InChI is InChI=1S/C19H25N3O3SSi/c1-19(2,3)27(4,5)25-13-14-8-6-7-9-16(14)17-10-18(26(21,23)24)22-12-15(17)11-20/h6-10,12H,13H2,1-5H3,(H2,21,23,24). The van der Waals surface area contributed by atoms with E-state index < -0.39 is 18.3 Å². The van der Waals surface area contributed by atoms with Gasteiger partial charge in [0.05, 0.1) is 12.2 Å². The Morgan fingerprint density at radius 1 is 1.22 bits per heavy atom. The fourth-order valence-electron chi connectivity index (χ4n) is 2.29. The third-order valence-electron chi connectivity index (χ3n) is 4.99. The van der Waals surface area contributed by atoms with E-state index in [0.717, 1.165) is 11.1 Å². The van der Waals surface area contributed by atoms with Crippen molar-refractivity contribution in [1.29, 1.82) is 5.26 Å². The van der Waals surface area contributed by atoms with Gasteiger partial charge in [-0.3, -0.25) is 0 Å². The van der Waals surface area contributed by atoms with Crippen LogP contribution in [0.1, 0.15) is 31.9 Å². The summed E-state index contributed by atoms with van der Waals surface area (Å²) < 4.78 is 29.7. The molecule has 0 aliphatic rings. The van der Waals surface area contributed by atoms with Crippen molar-refractivity contribution in [2.24, 2.45) is 5.14 Å². The molecule has 1 aromatic carbocycles. The van der Waals surface area contributed by atoms with E-state index >= 15 is 0 Å². The second-order valence-electron chi connectivity index (χ2n) is 7.93. The summed E-state index contributed by atoms with van der Waals surface area (Å²) in [5.74, 6) is 0. The summed E-state index contributed by atoms with van der Waals surface area (Å²) in [5.41, 5.74) is 2.37. The molecular weight excluding hydrogens is 378 g/mol. The highest BCUT2D eigenvalue weighted by molar-refractivity contribution is 7.89. The molecule has 0 aliphatic heterocycles. The van der Waals surface area contributed by atoms with E-state index in [1.165, 1.54) is 12.3 Å². The molecule has 0 amide bonds. The molecule has 0 unspecified atom stereocenters. The van der Waals surface area contributed by atoms with Crippen LogP contribution in [0.4, 0.5) is 0 Å². The summed E-state index contributed by atoms with van der Waals surface area (Å²) in [5, 5.41) is 14.4. The van der Waals surface area contributed by atoms with Gasteiger partial charge in [0.2, 0.25) is 0 Å². The molecule has 1 heterocycles. The van der Waals surface area contributed by atoms with Crippen molar-refractivity contribution in [3.05, 3.63) is 47.7 Å². The monoisotopic (exact) mass is 403 g/mol. The van der Waals surface area contributed by atoms with Crippen LogP contribution in [0.5, 0.6) is 0 Å². The van der Waals surface area contributed by atoms with Crippen LogP contribution in [0.25, 0.3) is 11.1 Å². The fraction of sp³-hybridized carbons (Fsp3) is 0.368. The Bertz CT molecular complexity index is 990. The number of nitriles is 1. The number of nitrogens with zero attached hydrogens (tertiary/aromatic N) is 2. The van der Waals surface area contributed by atoms with Gasteiger partial charge >= 0.3 is 0 Å². The third-order valence-corrected chi connectivity index (χ3v) is 10.3. The highest BCUT2D eigenvalue weighted by Gasteiger charge is 2.37. The molecule has 144 valence electrons. The largest absolute Gasteiger partial charge is 0.413 e. The maximum Gasteiger partial charge on any atom is 0.255 e. The Morgan fingerprint density at radius 3 is 2.41 bits per heavy atom. The minimum Gasteiger partial charge on any atom is -0.413 e. The molecule has 1 aromatic heterocycles. The topological polar surface area (TPSA) is 106 Å². The zero-order valence-corrected chi connectivity index (χ0v) is 18.1. The van der Waals surface area contributed by atoms with Gasteiger partial charge in [-0.1, -0.05) is 45.0 Å². The maximum absolute atomic E-state index is 11.7. The van der Waals surface area contributed by atoms with Crippen molar-refractivity contribution in [3.8, 4) is 17.2 Å². The van der Waals surface area contributed by atoms with Crippen molar-refractivity contribution < 1.29 is 12.8 Å². The molecule has 0 spiro atoms. The van der Waals surface area contributed by atoms with E-state index in [1.807, 2.05) is 24.3 Å². The first kappa shape index (κ1) is 21.2. The van der Waals surface area contributed by atoms with Crippen LogP contribution in [-0.4, -0.2) is 21.7 Å².